The monoisotopic (exact) mass is 308 g/mol. The van der Waals surface area contributed by atoms with Crippen molar-refractivity contribution in [3.8, 4) is 5.75 Å². The molecule has 0 bridgehead atoms. The summed E-state index contributed by atoms with van der Waals surface area (Å²) in [5, 5.41) is 12.8. The summed E-state index contributed by atoms with van der Waals surface area (Å²) < 4.78 is 0. The molecule has 0 aromatic heterocycles. The van der Waals surface area contributed by atoms with E-state index in [1.165, 1.54) is 11.1 Å². The topological polar surface area (TPSA) is 52.6 Å². The standard InChI is InChI=1S/C19H20N2O2/c22-16-7-6-13-8-9-21(12-15(13)10-16)19(23)20-18-11-17(18)14-4-2-1-3-5-14/h1-7,10,17-18,22H,8-9,11-12H2,(H,20,23)/t17-,18-/m0/s1. The van der Waals surface area contributed by atoms with Gasteiger partial charge < -0.3 is 15.3 Å². The number of phenols is 1. The van der Waals surface area contributed by atoms with E-state index >= 15 is 0 Å². The second-order valence-electron chi connectivity index (χ2n) is 6.43. The van der Waals surface area contributed by atoms with Crippen LogP contribution in [0.25, 0.3) is 0 Å². The Morgan fingerprint density at radius 1 is 1.13 bits per heavy atom. The van der Waals surface area contributed by atoms with Crippen LogP contribution in [0.15, 0.2) is 48.5 Å². The lowest BCUT2D eigenvalue weighted by atomic mass is 10.00. The number of rotatable bonds is 2. The third-order valence-corrected chi connectivity index (χ3v) is 4.82. The number of carbonyl (C=O) groups excluding carboxylic acids is 1. The number of hydrogen-bond donors (Lipinski definition) is 2. The Hall–Kier alpha value is -2.49. The molecule has 2 aliphatic rings. The Balaban J connectivity index is 1.38. The smallest absolute Gasteiger partial charge is 0.317 e. The summed E-state index contributed by atoms with van der Waals surface area (Å²) in [7, 11) is 0. The van der Waals surface area contributed by atoms with Gasteiger partial charge in [0.25, 0.3) is 0 Å². The zero-order chi connectivity index (χ0) is 15.8. The molecular formula is C19H20N2O2. The van der Waals surface area contributed by atoms with Gasteiger partial charge in [0, 0.05) is 25.0 Å². The van der Waals surface area contributed by atoms with Crippen LogP contribution in [0.5, 0.6) is 5.75 Å². The molecule has 1 heterocycles. The molecule has 0 spiro atoms. The average Bonchev–Trinajstić information content (AvgIpc) is 3.34. The minimum Gasteiger partial charge on any atom is -0.508 e. The highest BCUT2D eigenvalue weighted by Gasteiger charge is 2.40. The fraction of sp³-hybridized carbons (Fsp3) is 0.316. The summed E-state index contributed by atoms with van der Waals surface area (Å²) in [6.07, 6.45) is 1.86. The molecule has 2 aromatic carbocycles. The lowest BCUT2D eigenvalue weighted by molar-refractivity contribution is 0.191. The second kappa shape index (κ2) is 5.61. The molecular weight excluding hydrogens is 288 g/mol. The summed E-state index contributed by atoms with van der Waals surface area (Å²) in [4.78, 5) is 14.3. The quantitative estimate of drug-likeness (QED) is 0.896. The molecule has 4 heteroatoms. The van der Waals surface area contributed by atoms with Crippen LogP contribution < -0.4 is 5.32 Å². The molecule has 118 valence electrons. The molecule has 23 heavy (non-hydrogen) atoms. The number of nitrogens with one attached hydrogen (secondary N) is 1. The third-order valence-electron chi connectivity index (χ3n) is 4.82. The number of benzene rings is 2. The first kappa shape index (κ1) is 14.1. The Bertz CT molecular complexity index is 729. The molecule has 2 N–H and O–H groups in total. The Kier molecular flexibility index (Phi) is 3.45. The lowest BCUT2D eigenvalue weighted by Crippen LogP contribution is -2.43. The van der Waals surface area contributed by atoms with Gasteiger partial charge in [0.05, 0.1) is 0 Å². The predicted octanol–water partition coefficient (Wildman–Crippen LogP) is 3.02. The van der Waals surface area contributed by atoms with Crippen LogP contribution in [0.2, 0.25) is 0 Å². The van der Waals surface area contributed by atoms with Crippen LogP contribution in [0, 0.1) is 0 Å². The van der Waals surface area contributed by atoms with Gasteiger partial charge in [0.15, 0.2) is 0 Å². The van der Waals surface area contributed by atoms with Crippen molar-refractivity contribution in [1.29, 1.82) is 0 Å². The van der Waals surface area contributed by atoms with Crippen molar-refractivity contribution in [2.45, 2.75) is 31.3 Å². The molecule has 2 atom stereocenters. The molecule has 4 rings (SSSR count). The number of nitrogens with zero attached hydrogens (tertiary/aromatic N) is 1. The van der Waals surface area contributed by atoms with E-state index in [4.69, 9.17) is 0 Å². The van der Waals surface area contributed by atoms with E-state index in [2.05, 4.69) is 17.4 Å². The highest BCUT2D eigenvalue weighted by Crippen LogP contribution is 2.40. The van der Waals surface area contributed by atoms with Gasteiger partial charge in [-0.05, 0) is 41.7 Å². The average molecular weight is 308 g/mol. The van der Waals surface area contributed by atoms with Crippen LogP contribution in [0.4, 0.5) is 4.79 Å². The Labute approximate surface area is 135 Å². The molecule has 2 aromatic rings. The number of hydrogen-bond acceptors (Lipinski definition) is 2. The maximum atomic E-state index is 12.5. The molecule has 1 aliphatic carbocycles. The highest BCUT2D eigenvalue weighted by molar-refractivity contribution is 5.75. The zero-order valence-corrected chi connectivity index (χ0v) is 12.9. The summed E-state index contributed by atoms with van der Waals surface area (Å²) in [6.45, 7) is 1.30. The van der Waals surface area contributed by atoms with Gasteiger partial charge in [0.1, 0.15) is 5.75 Å². The molecule has 4 nitrogen and oxygen atoms in total. The van der Waals surface area contributed by atoms with Gasteiger partial charge in [-0.25, -0.2) is 4.79 Å². The fourth-order valence-corrected chi connectivity index (χ4v) is 3.39. The fourth-order valence-electron chi connectivity index (χ4n) is 3.39. The minimum absolute atomic E-state index is 0.00224. The maximum Gasteiger partial charge on any atom is 0.317 e. The van der Waals surface area contributed by atoms with Crippen molar-refractivity contribution in [2.24, 2.45) is 0 Å². The van der Waals surface area contributed by atoms with Gasteiger partial charge >= 0.3 is 6.03 Å². The lowest BCUT2D eigenvalue weighted by Gasteiger charge is -2.29. The number of phenolic OH excluding ortho intramolecular Hbond substituents is 1. The summed E-state index contributed by atoms with van der Waals surface area (Å²) in [5.41, 5.74) is 3.56. The van der Waals surface area contributed by atoms with E-state index < -0.39 is 0 Å². The third kappa shape index (κ3) is 2.89. The summed E-state index contributed by atoms with van der Waals surface area (Å²) in [5.74, 6) is 0.707. The second-order valence-corrected chi connectivity index (χ2v) is 6.43. The number of amides is 2. The minimum atomic E-state index is 0.00224. The summed E-state index contributed by atoms with van der Waals surface area (Å²) >= 11 is 0. The van der Waals surface area contributed by atoms with Crippen LogP contribution >= 0.6 is 0 Å². The largest absolute Gasteiger partial charge is 0.508 e. The van der Waals surface area contributed by atoms with E-state index in [9.17, 15) is 9.90 Å². The molecule has 2 amide bonds. The molecule has 0 radical (unpaired) electrons. The first-order valence-corrected chi connectivity index (χ1v) is 8.12. The van der Waals surface area contributed by atoms with Crippen molar-refractivity contribution in [1.82, 2.24) is 10.2 Å². The Morgan fingerprint density at radius 3 is 2.78 bits per heavy atom. The highest BCUT2D eigenvalue weighted by atomic mass is 16.3. The normalized spacial score (nSPS) is 22.3. The Morgan fingerprint density at radius 2 is 1.96 bits per heavy atom. The van der Waals surface area contributed by atoms with Crippen LogP contribution in [-0.4, -0.2) is 28.6 Å². The maximum absolute atomic E-state index is 12.5. The number of fused-ring (bicyclic) bond motifs is 1. The van der Waals surface area contributed by atoms with Crippen molar-refractivity contribution < 1.29 is 9.90 Å². The predicted molar refractivity (Wildman–Crippen MR) is 88.3 cm³/mol. The number of urea groups is 1. The molecule has 1 saturated carbocycles. The van der Waals surface area contributed by atoms with Gasteiger partial charge in [-0.3, -0.25) is 0 Å². The molecule has 0 unspecified atom stereocenters. The SMILES string of the molecule is O=C(N[C@H]1C[C@H]1c1ccccc1)N1CCc2ccc(O)cc2C1. The molecule has 1 fully saturated rings. The van der Waals surface area contributed by atoms with Crippen LogP contribution in [0.3, 0.4) is 0 Å². The van der Waals surface area contributed by atoms with E-state index in [-0.39, 0.29) is 17.8 Å². The summed E-state index contributed by atoms with van der Waals surface area (Å²) in [6, 6.07) is 16.0. The van der Waals surface area contributed by atoms with E-state index in [1.807, 2.05) is 29.2 Å². The van der Waals surface area contributed by atoms with E-state index in [0.29, 0.717) is 12.5 Å². The van der Waals surface area contributed by atoms with Crippen molar-refractivity contribution in [3.63, 3.8) is 0 Å². The number of aromatic hydroxyl groups is 1. The number of carbonyl (C=O) groups is 1. The van der Waals surface area contributed by atoms with Crippen LogP contribution in [0.1, 0.15) is 29.0 Å². The first-order valence-electron chi connectivity index (χ1n) is 8.12. The van der Waals surface area contributed by atoms with E-state index in [0.717, 1.165) is 24.9 Å². The van der Waals surface area contributed by atoms with Gasteiger partial charge in [-0.2, -0.15) is 0 Å². The van der Waals surface area contributed by atoms with E-state index in [1.54, 1.807) is 12.1 Å². The van der Waals surface area contributed by atoms with Gasteiger partial charge in [-0.1, -0.05) is 36.4 Å². The van der Waals surface area contributed by atoms with Crippen LogP contribution in [-0.2, 0) is 13.0 Å². The van der Waals surface area contributed by atoms with Gasteiger partial charge in [0.2, 0.25) is 0 Å². The van der Waals surface area contributed by atoms with Crippen molar-refractivity contribution in [2.75, 3.05) is 6.54 Å². The zero-order valence-electron chi connectivity index (χ0n) is 12.9. The van der Waals surface area contributed by atoms with Gasteiger partial charge in [-0.15, -0.1) is 0 Å². The van der Waals surface area contributed by atoms with Crippen molar-refractivity contribution in [3.05, 3.63) is 65.2 Å². The molecule has 1 aliphatic heterocycles. The van der Waals surface area contributed by atoms with Crippen molar-refractivity contribution >= 4 is 6.03 Å². The molecule has 0 saturated heterocycles. The first-order chi connectivity index (χ1) is 11.2.